The highest BCUT2D eigenvalue weighted by Crippen LogP contribution is 2.44. The van der Waals surface area contributed by atoms with Gasteiger partial charge in [-0.1, -0.05) is 0 Å². The van der Waals surface area contributed by atoms with Crippen LogP contribution in [0.1, 0.15) is 25.0 Å². The minimum atomic E-state index is -0.644. The normalized spacial score (nSPS) is 19.2. The molecule has 7 heteroatoms. The van der Waals surface area contributed by atoms with Gasteiger partial charge in [-0.15, -0.1) is 0 Å². The number of nitrogens with zero attached hydrogens (tertiary/aromatic N) is 2. The van der Waals surface area contributed by atoms with Gasteiger partial charge < -0.3 is 19.7 Å². The average molecular weight is 409 g/mol. The summed E-state index contributed by atoms with van der Waals surface area (Å²) in [7, 11) is 3.63. The van der Waals surface area contributed by atoms with Gasteiger partial charge in [-0.3, -0.25) is 4.79 Å². The van der Waals surface area contributed by atoms with Crippen LogP contribution < -0.4 is 10.2 Å². The predicted molar refractivity (Wildman–Crippen MR) is 114 cm³/mol. The second kappa shape index (κ2) is 7.57. The molecule has 2 aliphatic rings. The number of pyridine rings is 1. The zero-order valence-electron chi connectivity index (χ0n) is 17.5. The number of likely N-dealkylation sites (N-methyl/N-ethyl adjacent to an activating group) is 1. The van der Waals surface area contributed by atoms with Gasteiger partial charge in [-0.2, -0.15) is 0 Å². The third kappa shape index (κ3) is 3.57. The van der Waals surface area contributed by atoms with E-state index >= 15 is 0 Å². The molecule has 0 saturated heterocycles. The molecule has 4 rings (SSSR count). The Morgan fingerprint density at radius 3 is 2.83 bits per heavy atom. The molecular formula is C23H24FN3O3. The van der Waals surface area contributed by atoms with Gasteiger partial charge in [-0.05, 0) is 55.8 Å². The number of rotatable bonds is 5. The molecule has 2 aliphatic heterocycles. The van der Waals surface area contributed by atoms with E-state index in [0.29, 0.717) is 35.7 Å². The largest absolute Gasteiger partial charge is 0.482 e. The maximum Gasteiger partial charge on any atom is 0.260 e. The van der Waals surface area contributed by atoms with Crippen molar-refractivity contribution in [1.82, 2.24) is 4.98 Å². The first-order valence-electron chi connectivity index (χ1n) is 9.73. The Morgan fingerprint density at radius 2 is 2.07 bits per heavy atom. The topological polar surface area (TPSA) is 63.7 Å². The van der Waals surface area contributed by atoms with E-state index in [0.717, 1.165) is 17.0 Å². The molecule has 0 spiro atoms. The van der Waals surface area contributed by atoms with Crippen molar-refractivity contribution in [2.24, 2.45) is 0 Å². The summed E-state index contributed by atoms with van der Waals surface area (Å²) in [5, 5.41) is 2.72. The summed E-state index contributed by atoms with van der Waals surface area (Å²) in [6.07, 6.45) is 3.65. The Bertz CT molecular complexity index is 1080. The maximum atomic E-state index is 13.6. The molecule has 1 aromatic carbocycles. The minimum absolute atomic E-state index is 0.298. The molecule has 0 aliphatic carbocycles. The number of benzene rings is 1. The number of anilines is 2. The summed E-state index contributed by atoms with van der Waals surface area (Å²) in [5.74, 6) is 0.602. The quantitative estimate of drug-likeness (QED) is 0.760. The van der Waals surface area contributed by atoms with E-state index in [1.807, 2.05) is 44.0 Å². The molecule has 2 aromatic rings. The van der Waals surface area contributed by atoms with Crippen LogP contribution in [0.3, 0.4) is 0 Å². The van der Waals surface area contributed by atoms with Crippen LogP contribution in [0.5, 0.6) is 0 Å². The number of allylic oxidation sites excluding steroid dienone is 1. The van der Waals surface area contributed by atoms with Gasteiger partial charge in [-0.25, -0.2) is 9.37 Å². The summed E-state index contributed by atoms with van der Waals surface area (Å²) >= 11 is 0. The number of halogens is 1. The molecule has 1 amide bonds. The molecule has 0 radical (unpaired) electrons. The molecule has 0 saturated carbocycles. The monoisotopic (exact) mass is 409 g/mol. The first kappa shape index (κ1) is 20.1. The Morgan fingerprint density at radius 1 is 1.27 bits per heavy atom. The van der Waals surface area contributed by atoms with Crippen molar-refractivity contribution in [3.63, 3.8) is 0 Å². The van der Waals surface area contributed by atoms with E-state index in [9.17, 15) is 9.18 Å². The molecular weight excluding hydrogens is 385 g/mol. The lowest BCUT2D eigenvalue weighted by Gasteiger charge is -2.24. The molecule has 30 heavy (non-hydrogen) atoms. The number of fused-ring (bicyclic) bond motifs is 1. The second-order valence-corrected chi connectivity index (χ2v) is 7.87. The van der Waals surface area contributed by atoms with Crippen LogP contribution >= 0.6 is 0 Å². The number of carbonyl (C=O) groups is 1. The summed E-state index contributed by atoms with van der Waals surface area (Å²) in [4.78, 5) is 19.1. The highest BCUT2D eigenvalue weighted by atomic mass is 19.1. The zero-order valence-corrected chi connectivity index (χ0v) is 17.5. The van der Waals surface area contributed by atoms with Gasteiger partial charge in [0.2, 0.25) is 0 Å². The van der Waals surface area contributed by atoms with Crippen molar-refractivity contribution >= 4 is 28.6 Å². The SMILES string of the molecule is COCCN(C)c1cc(C2=C/C(=C3\C(=O)Nc4cc(F)ccc43)OC2(C)C)ccn1. The number of amides is 1. The molecule has 0 bridgehead atoms. The lowest BCUT2D eigenvalue weighted by atomic mass is 9.92. The van der Waals surface area contributed by atoms with E-state index in [1.165, 1.54) is 12.1 Å². The van der Waals surface area contributed by atoms with Crippen molar-refractivity contribution in [1.29, 1.82) is 0 Å². The van der Waals surface area contributed by atoms with Crippen molar-refractivity contribution in [3.05, 3.63) is 65.3 Å². The van der Waals surface area contributed by atoms with Gasteiger partial charge in [0.25, 0.3) is 5.91 Å². The molecule has 1 aromatic heterocycles. The Labute approximate surface area is 175 Å². The first-order valence-corrected chi connectivity index (χ1v) is 9.73. The summed E-state index contributed by atoms with van der Waals surface area (Å²) in [6.45, 7) is 5.24. The fourth-order valence-corrected chi connectivity index (χ4v) is 3.75. The number of methoxy groups -OCH3 is 1. The number of nitrogens with one attached hydrogen (secondary N) is 1. The number of hydrogen-bond acceptors (Lipinski definition) is 5. The van der Waals surface area contributed by atoms with E-state index in [2.05, 4.69) is 10.3 Å². The fraction of sp³-hybridized carbons (Fsp3) is 0.304. The van der Waals surface area contributed by atoms with Crippen LogP contribution in [0.25, 0.3) is 11.1 Å². The van der Waals surface area contributed by atoms with Crippen molar-refractivity contribution in [2.75, 3.05) is 37.5 Å². The van der Waals surface area contributed by atoms with Gasteiger partial charge in [0.15, 0.2) is 0 Å². The highest BCUT2D eigenvalue weighted by molar-refractivity contribution is 6.32. The van der Waals surface area contributed by atoms with Crippen LogP contribution in [-0.4, -0.2) is 43.8 Å². The molecule has 1 N–H and O–H groups in total. The molecule has 0 unspecified atom stereocenters. The Kier molecular flexibility index (Phi) is 5.07. The molecule has 6 nitrogen and oxygen atoms in total. The van der Waals surface area contributed by atoms with E-state index in [4.69, 9.17) is 9.47 Å². The van der Waals surface area contributed by atoms with Crippen LogP contribution in [0, 0.1) is 5.82 Å². The standard InChI is InChI=1S/C23H24FN3O3/c1-23(2)17(14-7-8-25-20(11-14)27(3)9-10-29-4)13-19(30-23)21-16-6-5-15(24)12-18(16)26-22(21)28/h5-8,11-13H,9-10H2,1-4H3,(H,26,28)/b21-19+. The van der Waals surface area contributed by atoms with Crippen molar-refractivity contribution < 1.29 is 18.7 Å². The number of ether oxygens (including phenoxy) is 2. The first-order chi connectivity index (χ1) is 14.3. The minimum Gasteiger partial charge on any atom is -0.482 e. The maximum absolute atomic E-state index is 13.6. The van der Waals surface area contributed by atoms with Crippen LogP contribution in [0.15, 0.2) is 48.4 Å². The molecule has 3 heterocycles. The third-order valence-corrected chi connectivity index (χ3v) is 5.34. The Balaban J connectivity index is 1.75. The van der Waals surface area contributed by atoms with Gasteiger partial charge in [0, 0.05) is 38.0 Å². The molecule has 0 fully saturated rings. The smallest absolute Gasteiger partial charge is 0.260 e. The summed E-state index contributed by atoms with van der Waals surface area (Å²) in [5.41, 5.74) is 2.77. The average Bonchev–Trinajstić information content (AvgIpc) is 3.20. The van der Waals surface area contributed by atoms with E-state index in [1.54, 1.807) is 19.4 Å². The van der Waals surface area contributed by atoms with Gasteiger partial charge in [0.05, 0.1) is 17.9 Å². The van der Waals surface area contributed by atoms with Crippen LogP contribution in [0.4, 0.5) is 15.9 Å². The van der Waals surface area contributed by atoms with Crippen LogP contribution in [0.2, 0.25) is 0 Å². The third-order valence-electron chi connectivity index (χ3n) is 5.34. The number of carbonyl (C=O) groups excluding carboxylic acids is 1. The highest BCUT2D eigenvalue weighted by Gasteiger charge is 2.38. The lowest BCUT2D eigenvalue weighted by molar-refractivity contribution is -0.111. The van der Waals surface area contributed by atoms with E-state index in [-0.39, 0.29) is 5.91 Å². The predicted octanol–water partition coefficient (Wildman–Crippen LogP) is 3.86. The van der Waals surface area contributed by atoms with Crippen LogP contribution in [-0.2, 0) is 14.3 Å². The lowest BCUT2D eigenvalue weighted by Crippen LogP contribution is -2.24. The number of aromatic nitrogens is 1. The molecule has 0 atom stereocenters. The zero-order chi connectivity index (χ0) is 21.5. The molecule has 156 valence electrons. The van der Waals surface area contributed by atoms with E-state index < -0.39 is 11.4 Å². The Hall–Kier alpha value is -3.19. The van der Waals surface area contributed by atoms with Gasteiger partial charge >= 0.3 is 0 Å². The van der Waals surface area contributed by atoms with Gasteiger partial charge in [0.1, 0.15) is 23.0 Å². The second-order valence-electron chi connectivity index (χ2n) is 7.87. The summed E-state index contributed by atoms with van der Waals surface area (Å²) in [6, 6.07) is 8.18. The summed E-state index contributed by atoms with van der Waals surface area (Å²) < 4.78 is 24.9. The van der Waals surface area contributed by atoms with Crippen molar-refractivity contribution in [3.8, 4) is 0 Å². The van der Waals surface area contributed by atoms with Crippen molar-refractivity contribution in [2.45, 2.75) is 19.4 Å². The fourth-order valence-electron chi connectivity index (χ4n) is 3.75. The number of hydrogen-bond donors (Lipinski definition) is 1.